The summed E-state index contributed by atoms with van der Waals surface area (Å²) in [6, 6.07) is 0. The highest BCUT2D eigenvalue weighted by molar-refractivity contribution is 5.72. The van der Waals surface area contributed by atoms with Crippen LogP contribution in [0.3, 0.4) is 0 Å². The van der Waals surface area contributed by atoms with Crippen molar-refractivity contribution in [2.75, 3.05) is 13.2 Å². The Balaban J connectivity index is 4.60. The van der Waals surface area contributed by atoms with Crippen molar-refractivity contribution >= 4 is 17.9 Å². The third-order valence-corrected chi connectivity index (χ3v) is 9.31. The first-order valence-corrected chi connectivity index (χ1v) is 23.4. The van der Waals surface area contributed by atoms with Gasteiger partial charge in [-0.15, -0.1) is 0 Å². The predicted molar refractivity (Wildman–Crippen MR) is 251 cm³/mol. The number of hydrogen-bond acceptors (Lipinski definition) is 6. The SMILES string of the molecule is CC/C=C\C/C=C\C/C=C\C/C=C\C/C=C\CC(=O)OCC(COC(=O)CCCCCCCCCCCCC)OC(=O)CCCC/C=C\C/C=C\C/C=C\C/C=C\CC. The highest BCUT2D eigenvalue weighted by Gasteiger charge is 2.19. The van der Waals surface area contributed by atoms with Crippen molar-refractivity contribution < 1.29 is 28.6 Å². The van der Waals surface area contributed by atoms with Crippen molar-refractivity contribution in [3.63, 3.8) is 0 Å². The van der Waals surface area contributed by atoms with Crippen molar-refractivity contribution in [3.8, 4) is 0 Å². The van der Waals surface area contributed by atoms with E-state index in [1.54, 1.807) is 6.08 Å². The Hall–Kier alpha value is -3.93. The summed E-state index contributed by atoms with van der Waals surface area (Å²) in [6.07, 6.45) is 62.4. The highest BCUT2D eigenvalue weighted by atomic mass is 16.6. The monoisotopic (exact) mass is 817 g/mol. The molecule has 1 atom stereocenters. The molecular formula is C53H84O6. The first-order valence-electron chi connectivity index (χ1n) is 23.4. The zero-order valence-corrected chi connectivity index (χ0v) is 37.7. The molecule has 6 nitrogen and oxygen atoms in total. The summed E-state index contributed by atoms with van der Waals surface area (Å²) in [6.45, 7) is 6.25. The number of carbonyl (C=O) groups is 3. The van der Waals surface area contributed by atoms with E-state index in [-0.39, 0.29) is 38.0 Å². The van der Waals surface area contributed by atoms with Crippen LogP contribution < -0.4 is 0 Å². The minimum atomic E-state index is -0.838. The van der Waals surface area contributed by atoms with Crippen LogP contribution in [0, 0.1) is 0 Å². The van der Waals surface area contributed by atoms with Gasteiger partial charge in [-0.2, -0.15) is 0 Å². The van der Waals surface area contributed by atoms with E-state index in [1.165, 1.54) is 51.4 Å². The zero-order chi connectivity index (χ0) is 43.0. The van der Waals surface area contributed by atoms with Crippen LogP contribution in [0.25, 0.3) is 0 Å². The number of rotatable bonds is 40. The predicted octanol–water partition coefficient (Wildman–Crippen LogP) is 15.2. The van der Waals surface area contributed by atoms with E-state index < -0.39 is 12.1 Å². The molecule has 0 radical (unpaired) electrons. The standard InChI is InChI=1S/C53H84O6/c1-4-7-10-13-16-19-22-24-26-28-31-34-37-40-43-46-52(55)58-49-50(48-57-51(54)45-42-39-36-33-30-21-18-15-12-9-6-3)59-53(56)47-44-41-38-35-32-29-27-25-23-20-17-14-11-8-5-2/h7-8,10-11,16-17,19-20,24-27,31-32,34-35,40,43,50H,4-6,9,12-15,18,21-23,28-30,33,36-39,41-42,44-49H2,1-3H3/b10-7-,11-8-,19-16-,20-17-,26-24-,27-25-,34-31-,35-32-,43-40-. The molecule has 0 fully saturated rings. The molecule has 0 aromatic carbocycles. The summed E-state index contributed by atoms with van der Waals surface area (Å²) in [4.78, 5) is 37.7. The van der Waals surface area contributed by atoms with Crippen molar-refractivity contribution in [2.24, 2.45) is 0 Å². The van der Waals surface area contributed by atoms with Crippen LogP contribution in [0.5, 0.6) is 0 Å². The zero-order valence-electron chi connectivity index (χ0n) is 37.7. The third kappa shape index (κ3) is 45.0. The lowest BCUT2D eigenvalue weighted by atomic mass is 10.1. The summed E-state index contributed by atoms with van der Waals surface area (Å²) in [5.74, 6) is -1.11. The molecule has 0 aliphatic rings. The van der Waals surface area contributed by atoms with Gasteiger partial charge < -0.3 is 14.2 Å². The van der Waals surface area contributed by atoms with Gasteiger partial charge >= 0.3 is 17.9 Å². The normalized spacial score (nSPS) is 13.1. The van der Waals surface area contributed by atoms with Crippen LogP contribution in [0.15, 0.2) is 109 Å². The molecule has 332 valence electrons. The molecule has 0 aromatic heterocycles. The largest absolute Gasteiger partial charge is 0.462 e. The Kier molecular flexibility index (Phi) is 43.6. The van der Waals surface area contributed by atoms with Gasteiger partial charge in [-0.3, -0.25) is 14.4 Å². The average molecular weight is 817 g/mol. The molecule has 59 heavy (non-hydrogen) atoms. The number of esters is 3. The van der Waals surface area contributed by atoms with Crippen LogP contribution >= 0.6 is 0 Å². The molecule has 0 aliphatic heterocycles. The van der Waals surface area contributed by atoms with E-state index in [2.05, 4.69) is 118 Å². The fraction of sp³-hybridized carbons (Fsp3) is 0.604. The lowest BCUT2D eigenvalue weighted by Gasteiger charge is -2.18. The molecular weight excluding hydrogens is 733 g/mol. The van der Waals surface area contributed by atoms with E-state index >= 15 is 0 Å². The minimum absolute atomic E-state index is 0.115. The number of unbranched alkanes of at least 4 members (excludes halogenated alkanes) is 12. The summed E-state index contributed by atoms with van der Waals surface area (Å²) in [5.41, 5.74) is 0. The molecule has 0 aromatic rings. The second-order valence-corrected chi connectivity index (χ2v) is 14.9. The van der Waals surface area contributed by atoms with Gasteiger partial charge in [0.05, 0.1) is 6.42 Å². The molecule has 0 bridgehead atoms. The number of carbonyl (C=O) groups excluding carboxylic acids is 3. The van der Waals surface area contributed by atoms with E-state index in [9.17, 15) is 14.4 Å². The maximum atomic E-state index is 12.7. The van der Waals surface area contributed by atoms with E-state index in [4.69, 9.17) is 14.2 Å². The molecule has 0 saturated carbocycles. The molecule has 0 spiro atoms. The molecule has 0 N–H and O–H groups in total. The quantitative estimate of drug-likeness (QED) is 0.0265. The molecule has 0 aliphatic carbocycles. The van der Waals surface area contributed by atoms with Crippen LogP contribution in [-0.4, -0.2) is 37.2 Å². The minimum Gasteiger partial charge on any atom is -0.462 e. The number of ether oxygens (including phenoxy) is 3. The van der Waals surface area contributed by atoms with Crippen molar-refractivity contribution in [2.45, 2.75) is 194 Å². The summed E-state index contributed by atoms with van der Waals surface area (Å²) >= 11 is 0. The van der Waals surface area contributed by atoms with E-state index in [1.807, 2.05) is 6.08 Å². The molecule has 0 heterocycles. The topological polar surface area (TPSA) is 78.9 Å². The summed E-state index contributed by atoms with van der Waals surface area (Å²) in [7, 11) is 0. The average Bonchev–Trinajstić information content (AvgIpc) is 3.23. The van der Waals surface area contributed by atoms with Crippen molar-refractivity contribution in [1.29, 1.82) is 0 Å². The fourth-order valence-electron chi connectivity index (χ4n) is 5.86. The van der Waals surface area contributed by atoms with E-state index in [0.717, 1.165) is 89.9 Å². The first kappa shape index (κ1) is 55.1. The Morgan fingerprint density at radius 2 is 0.729 bits per heavy atom. The van der Waals surface area contributed by atoms with Gasteiger partial charge in [0.25, 0.3) is 0 Å². The second-order valence-electron chi connectivity index (χ2n) is 14.9. The molecule has 0 rings (SSSR count). The molecule has 0 amide bonds. The van der Waals surface area contributed by atoms with Gasteiger partial charge in [0.15, 0.2) is 6.10 Å². The van der Waals surface area contributed by atoms with Gasteiger partial charge in [-0.1, -0.05) is 194 Å². The van der Waals surface area contributed by atoms with Gasteiger partial charge in [-0.05, 0) is 83.5 Å². The number of allylic oxidation sites excluding steroid dienone is 17. The van der Waals surface area contributed by atoms with Crippen LogP contribution in [0.4, 0.5) is 0 Å². The molecule has 6 heteroatoms. The molecule has 1 unspecified atom stereocenters. The van der Waals surface area contributed by atoms with Crippen molar-refractivity contribution in [1.82, 2.24) is 0 Å². The Labute approximate surface area is 361 Å². The van der Waals surface area contributed by atoms with Gasteiger partial charge in [0.1, 0.15) is 13.2 Å². The fourth-order valence-corrected chi connectivity index (χ4v) is 5.86. The van der Waals surface area contributed by atoms with E-state index in [0.29, 0.717) is 12.8 Å². The van der Waals surface area contributed by atoms with Gasteiger partial charge in [0.2, 0.25) is 0 Å². The lowest BCUT2D eigenvalue weighted by Crippen LogP contribution is -2.30. The lowest BCUT2D eigenvalue weighted by molar-refractivity contribution is -0.166. The van der Waals surface area contributed by atoms with Gasteiger partial charge in [-0.25, -0.2) is 0 Å². The first-order chi connectivity index (χ1) is 29.0. The Morgan fingerprint density at radius 1 is 0.373 bits per heavy atom. The smallest absolute Gasteiger partial charge is 0.309 e. The Morgan fingerprint density at radius 3 is 1.19 bits per heavy atom. The maximum absolute atomic E-state index is 12.7. The summed E-state index contributed by atoms with van der Waals surface area (Å²) < 4.78 is 16.6. The van der Waals surface area contributed by atoms with Crippen LogP contribution in [-0.2, 0) is 28.6 Å². The number of hydrogen-bond donors (Lipinski definition) is 0. The molecule has 0 saturated heterocycles. The maximum Gasteiger partial charge on any atom is 0.309 e. The third-order valence-electron chi connectivity index (χ3n) is 9.31. The van der Waals surface area contributed by atoms with Crippen molar-refractivity contribution in [3.05, 3.63) is 109 Å². The van der Waals surface area contributed by atoms with Crippen LogP contribution in [0.2, 0.25) is 0 Å². The Bertz CT molecular complexity index is 1260. The summed E-state index contributed by atoms with van der Waals surface area (Å²) in [5, 5.41) is 0. The van der Waals surface area contributed by atoms with Crippen LogP contribution in [0.1, 0.15) is 188 Å². The second kappa shape index (κ2) is 46.8. The highest BCUT2D eigenvalue weighted by Crippen LogP contribution is 2.13. The van der Waals surface area contributed by atoms with Gasteiger partial charge in [0, 0.05) is 12.8 Å².